The number of aromatic amines is 1. The Balaban J connectivity index is 0. The first-order chi connectivity index (χ1) is 5.29. The van der Waals surface area contributed by atoms with Gasteiger partial charge in [0.1, 0.15) is 5.82 Å². The summed E-state index contributed by atoms with van der Waals surface area (Å²) in [4.78, 5) is 12.3. The smallest absolute Gasteiger partial charge is 0.296 e. The molecule has 0 bridgehead atoms. The van der Waals surface area contributed by atoms with Gasteiger partial charge in [0.05, 0.1) is 0 Å². The van der Waals surface area contributed by atoms with Crippen LogP contribution in [0.5, 0.6) is 0 Å². The maximum Gasteiger partial charge on any atom is 0.438 e. The predicted molar refractivity (Wildman–Crippen MR) is 44.6 cm³/mol. The van der Waals surface area contributed by atoms with Crippen molar-refractivity contribution >= 4 is 0 Å². The summed E-state index contributed by atoms with van der Waals surface area (Å²) >= 11 is 0. The molecule has 0 aliphatic rings. The molecule has 0 fully saturated rings. The van der Waals surface area contributed by atoms with Gasteiger partial charge in [-0.2, -0.15) is 0 Å². The van der Waals surface area contributed by atoms with Crippen molar-refractivity contribution in [2.75, 3.05) is 0 Å². The Bertz CT molecular complexity index is 202. The molecular weight excluding hydrogens is 144 g/mol. The average molecular weight is 160 g/mol. The van der Waals surface area contributed by atoms with E-state index in [9.17, 15) is 4.79 Å². The van der Waals surface area contributed by atoms with E-state index in [1.54, 1.807) is 6.92 Å². The lowest BCUT2D eigenvalue weighted by Crippen LogP contribution is -1.93. The zero-order valence-corrected chi connectivity index (χ0v) is 7.76. The number of hydrogen-bond acceptors (Lipinski definition) is 3. The Hall–Kier alpha value is -1.06. The topological polar surface area (TPSA) is 58.9 Å². The van der Waals surface area contributed by atoms with Gasteiger partial charge in [0.25, 0.3) is 0 Å². The van der Waals surface area contributed by atoms with Crippen LogP contribution in [0.15, 0.2) is 9.32 Å². The molecule has 1 heterocycles. The first-order valence-electron chi connectivity index (χ1n) is 3.81. The van der Waals surface area contributed by atoms with E-state index in [1.807, 2.05) is 27.7 Å². The van der Waals surface area contributed by atoms with Crippen molar-refractivity contribution < 1.29 is 4.52 Å². The van der Waals surface area contributed by atoms with Crippen molar-refractivity contribution in [1.29, 1.82) is 0 Å². The summed E-state index contributed by atoms with van der Waals surface area (Å²) in [7, 11) is 0. The lowest BCUT2D eigenvalue weighted by Gasteiger charge is -1.62. The van der Waals surface area contributed by atoms with Gasteiger partial charge in [-0.1, -0.05) is 32.9 Å². The number of rotatable bonds is 0. The van der Waals surface area contributed by atoms with Gasteiger partial charge in [-0.25, -0.2) is 4.79 Å². The normalized spacial score (nSPS) is 7.00. The quantitative estimate of drug-likeness (QED) is 0.628. The highest BCUT2D eigenvalue weighted by atomic mass is 16.5. The van der Waals surface area contributed by atoms with Crippen LogP contribution in [-0.2, 0) is 0 Å². The highest BCUT2D eigenvalue weighted by Gasteiger charge is 1.86. The van der Waals surface area contributed by atoms with Crippen LogP contribution in [0.25, 0.3) is 0 Å². The van der Waals surface area contributed by atoms with Crippen molar-refractivity contribution in [1.82, 2.24) is 10.1 Å². The Labute approximate surface area is 66.6 Å². The van der Waals surface area contributed by atoms with Crippen LogP contribution in [0.4, 0.5) is 0 Å². The minimum absolute atomic E-state index is 0.502. The minimum atomic E-state index is -0.502. The molecule has 1 N–H and O–H groups in total. The molecule has 1 aromatic rings. The molecule has 4 nitrogen and oxygen atoms in total. The lowest BCUT2D eigenvalue weighted by molar-refractivity contribution is 0.383. The maximum absolute atomic E-state index is 10.0. The van der Waals surface area contributed by atoms with Gasteiger partial charge in [0.2, 0.25) is 0 Å². The molecule has 0 saturated carbocycles. The van der Waals surface area contributed by atoms with E-state index in [0.29, 0.717) is 5.82 Å². The van der Waals surface area contributed by atoms with Crippen LogP contribution in [0.1, 0.15) is 33.5 Å². The van der Waals surface area contributed by atoms with Crippen molar-refractivity contribution in [3.63, 3.8) is 0 Å². The molecule has 0 unspecified atom stereocenters. The summed E-state index contributed by atoms with van der Waals surface area (Å²) in [5.41, 5.74) is 0. The van der Waals surface area contributed by atoms with Crippen LogP contribution in [-0.4, -0.2) is 10.1 Å². The van der Waals surface area contributed by atoms with Gasteiger partial charge < -0.3 is 0 Å². The third-order valence-corrected chi connectivity index (χ3v) is 0.548. The minimum Gasteiger partial charge on any atom is -0.296 e. The maximum atomic E-state index is 10.0. The fourth-order valence-corrected chi connectivity index (χ4v) is 0.303. The summed E-state index contributed by atoms with van der Waals surface area (Å²) in [6, 6.07) is 0. The Morgan fingerprint density at radius 1 is 1.27 bits per heavy atom. The van der Waals surface area contributed by atoms with Crippen molar-refractivity contribution in [3.8, 4) is 0 Å². The zero-order valence-electron chi connectivity index (χ0n) is 7.76. The van der Waals surface area contributed by atoms with Crippen LogP contribution in [0.2, 0.25) is 0 Å². The number of nitrogens with one attached hydrogen (secondary N) is 1. The number of hydrogen-bond donors (Lipinski definition) is 1. The SMILES string of the molecule is CC.CC.Cc1noc(=O)[nH]1. The highest BCUT2D eigenvalue weighted by Crippen LogP contribution is 1.72. The highest BCUT2D eigenvalue weighted by molar-refractivity contribution is 4.68. The Morgan fingerprint density at radius 2 is 1.73 bits per heavy atom. The lowest BCUT2D eigenvalue weighted by atomic mass is 10.8. The summed E-state index contributed by atoms with van der Waals surface area (Å²) in [5, 5.41) is 3.27. The molecule has 66 valence electrons. The average Bonchev–Trinajstić information content (AvgIpc) is 2.43. The molecule has 11 heavy (non-hydrogen) atoms. The molecule has 0 aliphatic heterocycles. The van der Waals surface area contributed by atoms with E-state index >= 15 is 0 Å². The largest absolute Gasteiger partial charge is 0.438 e. The zero-order chi connectivity index (χ0) is 9.28. The van der Waals surface area contributed by atoms with Gasteiger partial charge in [0, 0.05) is 0 Å². The van der Waals surface area contributed by atoms with Crippen molar-refractivity contribution in [3.05, 3.63) is 16.4 Å². The van der Waals surface area contributed by atoms with E-state index in [0.717, 1.165) is 0 Å². The molecule has 0 radical (unpaired) electrons. The molecule has 1 rings (SSSR count). The predicted octanol–water partition coefficient (Wildman–Crippen LogP) is 1.72. The van der Waals surface area contributed by atoms with Gasteiger partial charge in [-0.15, -0.1) is 0 Å². The first-order valence-corrected chi connectivity index (χ1v) is 3.81. The van der Waals surface area contributed by atoms with Gasteiger partial charge in [-0.05, 0) is 6.92 Å². The number of H-pyrrole nitrogens is 1. The fourth-order valence-electron chi connectivity index (χ4n) is 0.303. The molecule has 0 aromatic carbocycles. The van der Waals surface area contributed by atoms with Crippen molar-refractivity contribution in [2.45, 2.75) is 34.6 Å². The Morgan fingerprint density at radius 3 is 1.82 bits per heavy atom. The molecular formula is C7H16N2O2. The van der Waals surface area contributed by atoms with E-state index < -0.39 is 5.76 Å². The summed E-state index contributed by atoms with van der Waals surface area (Å²) in [5.74, 6) is 0.00231. The second kappa shape index (κ2) is 8.94. The molecule has 1 aromatic heterocycles. The number of nitrogens with zero attached hydrogens (tertiary/aromatic N) is 1. The molecule has 0 spiro atoms. The van der Waals surface area contributed by atoms with Gasteiger partial charge >= 0.3 is 5.76 Å². The second-order valence-corrected chi connectivity index (χ2v) is 1.18. The van der Waals surface area contributed by atoms with Crippen LogP contribution in [0.3, 0.4) is 0 Å². The monoisotopic (exact) mass is 160 g/mol. The summed E-state index contributed by atoms with van der Waals surface area (Å²) in [6.07, 6.45) is 0. The standard InChI is InChI=1S/C3H4N2O2.2C2H6/c1-2-4-3(6)7-5-2;2*1-2/h1H3,(H,4,5,6);2*1-2H3. The summed E-state index contributed by atoms with van der Waals surface area (Å²) < 4.78 is 4.10. The number of aryl methyl sites for hydroxylation is 1. The molecule has 0 amide bonds. The molecule has 0 aliphatic carbocycles. The van der Waals surface area contributed by atoms with Gasteiger partial charge in [0.15, 0.2) is 0 Å². The van der Waals surface area contributed by atoms with E-state index in [-0.39, 0.29) is 0 Å². The third-order valence-electron chi connectivity index (χ3n) is 0.548. The van der Waals surface area contributed by atoms with E-state index in [1.165, 1.54) is 0 Å². The molecule has 0 atom stereocenters. The first kappa shape index (κ1) is 12.6. The molecule has 4 heteroatoms. The Kier molecular flexibility index (Phi) is 10.2. The van der Waals surface area contributed by atoms with Crippen LogP contribution in [0, 0.1) is 6.92 Å². The third kappa shape index (κ3) is 6.83. The van der Waals surface area contributed by atoms with E-state index in [2.05, 4.69) is 14.7 Å². The van der Waals surface area contributed by atoms with Gasteiger partial charge in [-0.3, -0.25) is 9.51 Å². The van der Waals surface area contributed by atoms with E-state index in [4.69, 9.17) is 0 Å². The van der Waals surface area contributed by atoms with Crippen LogP contribution < -0.4 is 5.76 Å². The molecule has 0 saturated heterocycles. The fraction of sp³-hybridized carbons (Fsp3) is 0.714. The van der Waals surface area contributed by atoms with Crippen LogP contribution >= 0.6 is 0 Å². The number of aromatic nitrogens is 2. The van der Waals surface area contributed by atoms with Crippen molar-refractivity contribution in [2.24, 2.45) is 0 Å². The summed E-state index contributed by atoms with van der Waals surface area (Å²) in [6.45, 7) is 9.64. The second-order valence-electron chi connectivity index (χ2n) is 1.18.